The lowest BCUT2D eigenvalue weighted by atomic mass is 9.77. The van der Waals surface area contributed by atoms with Crippen LogP contribution in [0.2, 0.25) is 0 Å². The van der Waals surface area contributed by atoms with Crippen molar-refractivity contribution >= 4 is 23.2 Å². The molecule has 3 rings (SSSR count). The molecule has 1 atom stereocenters. The second-order valence-corrected chi connectivity index (χ2v) is 8.57. The van der Waals surface area contributed by atoms with Crippen molar-refractivity contribution in [2.75, 3.05) is 19.7 Å². The summed E-state index contributed by atoms with van der Waals surface area (Å²) < 4.78 is 18.9. The Hall–Kier alpha value is -2.48. The topological polar surface area (TPSA) is 85.5 Å². The number of halogens is 1. The maximum absolute atomic E-state index is 13.1. The van der Waals surface area contributed by atoms with E-state index in [-0.39, 0.29) is 24.8 Å². The molecular formula is C20H24FN3O3S. The molecule has 28 heavy (non-hydrogen) atoms. The molecule has 0 aliphatic carbocycles. The van der Waals surface area contributed by atoms with Crippen LogP contribution in [0.1, 0.15) is 39.6 Å². The summed E-state index contributed by atoms with van der Waals surface area (Å²) in [6, 6.07) is 5.73. The van der Waals surface area contributed by atoms with E-state index in [0.717, 1.165) is 23.5 Å². The van der Waals surface area contributed by atoms with Crippen LogP contribution in [0.4, 0.5) is 4.39 Å². The fourth-order valence-electron chi connectivity index (χ4n) is 3.70. The Morgan fingerprint density at radius 3 is 2.64 bits per heavy atom. The van der Waals surface area contributed by atoms with Crippen LogP contribution in [0.5, 0.6) is 5.75 Å². The minimum Gasteiger partial charge on any atom is -0.493 e. The zero-order valence-electron chi connectivity index (χ0n) is 16.0. The molecule has 0 radical (unpaired) electrons. The maximum Gasteiger partial charge on any atom is 0.265 e. The van der Waals surface area contributed by atoms with Crippen molar-refractivity contribution in [3.05, 3.63) is 45.7 Å². The Labute approximate surface area is 167 Å². The average molecular weight is 405 g/mol. The first kappa shape index (κ1) is 20.3. The minimum absolute atomic E-state index is 0.0709. The minimum atomic E-state index is -0.568. The standard InChI is InChI=1S/C20H24FN3O3S/c1-13-18(28-14(2)23-13)19(26)24-9-3-8-20(11-24,10-17(22)25)12-27-16-6-4-15(21)5-7-16/h4-7H,3,8-12H2,1-2H3,(H2,22,25)/t20-/m0/s1. The third-order valence-electron chi connectivity index (χ3n) is 4.95. The van der Waals surface area contributed by atoms with E-state index in [1.54, 1.807) is 17.0 Å². The summed E-state index contributed by atoms with van der Waals surface area (Å²) in [4.78, 5) is 31.5. The van der Waals surface area contributed by atoms with E-state index in [9.17, 15) is 14.0 Å². The molecule has 1 aromatic heterocycles. The van der Waals surface area contributed by atoms with Crippen LogP contribution < -0.4 is 10.5 Å². The predicted molar refractivity (Wildman–Crippen MR) is 105 cm³/mol. The zero-order chi connectivity index (χ0) is 20.3. The molecule has 2 amide bonds. The highest BCUT2D eigenvalue weighted by Crippen LogP contribution is 2.35. The number of nitrogens with two attached hydrogens (primary N) is 1. The van der Waals surface area contributed by atoms with Gasteiger partial charge in [0.1, 0.15) is 16.4 Å². The van der Waals surface area contributed by atoms with Crippen molar-refractivity contribution in [1.29, 1.82) is 0 Å². The van der Waals surface area contributed by atoms with Crippen LogP contribution in [0.3, 0.4) is 0 Å². The number of aryl methyl sites for hydroxylation is 2. The number of carbonyl (C=O) groups excluding carboxylic acids is 2. The number of nitrogens with zero attached hydrogens (tertiary/aromatic N) is 2. The van der Waals surface area contributed by atoms with Gasteiger partial charge in [0.25, 0.3) is 5.91 Å². The molecule has 0 saturated carbocycles. The van der Waals surface area contributed by atoms with Crippen LogP contribution in [0.25, 0.3) is 0 Å². The van der Waals surface area contributed by atoms with Crippen LogP contribution in [-0.4, -0.2) is 41.4 Å². The highest BCUT2D eigenvalue weighted by Gasteiger charge is 2.40. The number of piperidine rings is 1. The SMILES string of the molecule is Cc1nc(C)c(C(=O)N2CCC[C@](COc3ccc(F)cc3)(CC(N)=O)C2)s1. The van der Waals surface area contributed by atoms with Gasteiger partial charge in [-0.2, -0.15) is 0 Å². The van der Waals surface area contributed by atoms with E-state index in [0.29, 0.717) is 23.7 Å². The van der Waals surface area contributed by atoms with E-state index >= 15 is 0 Å². The van der Waals surface area contributed by atoms with Crippen molar-refractivity contribution in [3.8, 4) is 5.75 Å². The van der Waals surface area contributed by atoms with E-state index in [1.165, 1.54) is 23.5 Å². The van der Waals surface area contributed by atoms with Crippen molar-refractivity contribution in [1.82, 2.24) is 9.88 Å². The van der Waals surface area contributed by atoms with Gasteiger partial charge in [-0.15, -0.1) is 11.3 Å². The predicted octanol–water partition coefficient (Wildman–Crippen LogP) is 3.08. The second-order valence-electron chi connectivity index (χ2n) is 7.36. The Balaban J connectivity index is 1.77. The highest BCUT2D eigenvalue weighted by atomic mass is 32.1. The maximum atomic E-state index is 13.1. The fraction of sp³-hybridized carbons (Fsp3) is 0.450. The molecule has 1 fully saturated rings. The molecule has 1 saturated heterocycles. The van der Waals surface area contributed by atoms with Crippen LogP contribution in [0, 0.1) is 25.1 Å². The largest absolute Gasteiger partial charge is 0.493 e. The molecule has 8 heteroatoms. The quantitative estimate of drug-likeness (QED) is 0.800. The van der Waals surface area contributed by atoms with Crippen molar-refractivity contribution in [2.24, 2.45) is 11.1 Å². The van der Waals surface area contributed by atoms with Gasteiger partial charge in [-0.3, -0.25) is 9.59 Å². The summed E-state index contributed by atoms with van der Waals surface area (Å²) in [5.41, 5.74) is 5.66. The molecule has 6 nitrogen and oxygen atoms in total. The highest BCUT2D eigenvalue weighted by molar-refractivity contribution is 7.13. The number of hydrogen-bond donors (Lipinski definition) is 1. The molecule has 0 bridgehead atoms. The summed E-state index contributed by atoms with van der Waals surface area (Å²) >= 11 is 1.38. The van der Waals surface area contributed by atoms with Gasteiger partial charge < -0.3 is 15.4 Å². The number of thiazole rings is 1. The van der Waals surface area contributed by atoms with E-state index in [1.807, 2.05) is 13.8 Å². The number of ether oxygens (including phenoxy) is 1. The van der Waals surface area contributed by atoms with E-state index < -0.39 is 11.3 Å². The lowest BCUT2D eigenvalue weighted by Crippen LogP contribution is -2.50. The summed E-state index contributed by atoms with van der Waals surface area (Å²) in [7, 11) is 0. The first-order chi connectivity index (χ1) is 13.3. The van der Waals surface area contributed by atoms with Crippen LogP contribution >= 0.6 is 11.3 Å². The number of benzene rings is 1. The molecule has 0 spiro atoms. The average Bonchev–Trinajstić information content (AvgIpc) is 2.98. The Bertz CT molecular complexity index is 868. The van der Waals surface area contributed by atoms with Gasteiger partial charge in [0.05, 0.1) is 17.3 Å². The summed E-state index contributed by atoms with van der Waals surface area (Å²) in [6.07, 6.45) is 1.60. The summed E-state index contributed by atoms with van der Waals surface area (Å²) in [6.45, 7) is 4.93. The normalized spacial score (nSPS) is 19.5. The van der Waals surface area contributed by atoms with E-state index in [2.05, 4.69) is 4.98 Å². The number of likely N-dealkylation sites (tertiary alicyclic amines) is 1. The molecule has 1 aliphatic heterocycles. The van der Waals surface area contributed by atoms with Crippen molar-refractivity contribution in [2.45, 2.75) is 33.1 Å². The molecule has 150 valence electrons. The molecule has 0 unspecified atom stereocenters. The molecule has 1 aromatic carbocycles. The van der Waals surface area contributed by atoms with Gasteiger partial charge in [0.2, 0.25) is 5.91 Å². The number of amides is 2. The molecule has 1 aliphatic rings. The number of rotatable bonds is 6. The van der Waals surface area contributed by atoms with Gasteiger partial charge in [-0.1, -0.05) is 0 Å². The third-order valence-corrected chi connectivity index (χ3v) is 6.02. The number of aromatic nitrogens is 1. The summed E-state index contributed by atoms with van der Waals surface area (Å²) in [5.74, 6) is -0.327. The number of carbonyl (C=O) groups is 2. The third kappa shape index (κ3) is 4.67. The molecule has 2 heterocycles. The first-order valence-corrected chi connectivity index (χ1v) is 10.00. The van der Waals surface area contributed by atoms with Gasteiger partial charge >= 0.3 is 0 Å². The van der Waals surface area contributed by atoms with Gasteiger partial charge in [-0.25, -0.2) is 9.37 Å². The lowest BCUT2D eigenvalue weighted by Gasteiger charge is -2.42. The zero-order valence-corrected chi connectivity index (χ0v) is 16.9. The van der Waals surface area contributed by atoms with Gasteiger partial charge in [0, 0.05) is 24.9 Å². The second kappa shape index (κ2) is 8.26. The van der Waals surface area contributed by atoms with Crippen molar-refractivity contribution < 1.29 is 18.7 Å². The smallest absolute Gasteiger partial charge is 0.265 e. The Kier molecular flexibility index (Phi) is 5.98. The molecule has 2 N–H and O–H groups in total. The van der Waals surface area contributed by atoms with Gasteiger partial charge in [0.15, 0.2) is 0 Å². The fourth-order valence-corrected chi connectivity index (χ4v) is 4.59. The van der Waals surface area contributed by atoms with Crippen LogP contribution in [-0.2, 0) is 4.79 Å². The number of primary amides is 1. The van der Waals surface area contributed by atoms with Crippen LogP contribution in [0.15, 0.2) is 24.3 Å². The summed E-state index contributed by atoms with van der Waals surface area (Å²) in [5, 5.41) is 0.848. The lowest BCUT2D eigenvalue weighted by molar-refractivity contribution is -0.122. The Morgan fingerprint density at radius 2 is 2.04 bits per heavy atom. The number of hydrogen-bond acceptors (Lipinski definition) is 5. The molecular weight excluding hydrogens is 381 g/mol. The monoisotopic (exact) mass is 405 g/mol. The van der Waals surface area contributed by atoms with Crippen molar-refractivity contribution in [3.63, 3.8) is 0 Å². The van der Waals surface area contributed by atoms with Gasteiger partial charge in [-0.05, 0) is 51.0 Å². The first-order valence-electron chi connectivity index (χ1n) is 9.18. The molecule has 2 aromatic rings. The van der Waals surface area contributed by atoms with E-state index in [4.69, 9.17) is 10.5 Å². The Morgan fingerprint density at radius 1 is 1.32 bits per heavy atom.